The van der Waals surface area contributed by atoms with Gasteiger partial charge in [-0.25, -0.2) is 0 Å². The minimum Gasteiger partial charge on any atom is -0.391 e. The first kappa shape index (κ1) is 12.5. The number of rotatable bonds is 3. The molecule has 1 aromatic heterocycles. The molecule has 0 bridgehead atoms. The summed E-state index contributed by atoms with van der Waals surface area (Å²) >= 11 is 0. The summed E-state index contributed by atoms with van der Waals surface area (Å²) in [5.41, 5.74) is 1.26. The summed E-state index contributed by atoms with van der Waals surface area (Å²) in [6.45, 7) is 0.893. The molecule has 1 aliphatic rings. The van der Waals surface area contributed by atoms with Gasteiger partial charge in [0.1, 0.15) is 0 Å². The van der Waals surface area contributed by atoms with Gasteiger partial charge in [0.05, 0.1) is 6.10 Å². The van der Waals surface area contributed by atoms with E-state index in [1.54, 1.807) is 0 Å². The number of hydrogen-bond acceptors (Lipinski definition) is 3. The van der Waals surface area contributed by atoms with Crippen molar-refractivity contribution in [2.24, 2.45) is 0 Å². The zero-order valence-corrected chi connectivity index (χ0v) is 10.5. The van der Waals surface area contributed by atoms with Crippen molar-refractivity contribution < 1.29 is 5.11 Å². The van der Waals surface area contributed by atoms with Crippen LogP contribution in [0.25, 0.3) is 0 Å². The van der Waals surface area contributed by atoms with Crippen molar-refractivity contribution in [2.75, 3.05) is 7.05 Å². The maximum atomic E-state index is 10.1. The third kappa shape index (κ3) is 3.51. The van der Waals surface area contributed by atoms with Crippen LogP contribution >= 0.6 is 0 Å². The van der Waals surface area contributed by atoms with E-state index in [0.717, 1.165) is 19.4 Å². The number of hydrogen-bond donors (Lipinski definition) is 1. The second kappa shape index (κ2) is 6.12. The van der Waals surface area contributed by atoms with Crippen LogP contribution in [0.5, 0.6) is 0 Å². The molecule has 0 aromatic carbocycles. The van der Waals surface area contributed by atoms with Crippen LogP contribution in [0.2, 0.25) is 0 Å². The van der Waals surface area contributed by atoms with Crippen LogP contribution < -0.4 is 0 Å². The van der Waals surface area contributed by atoms with Gasteiger partial charge in [-0.3, -0.25) is 9.88 Å². The van der Waals surface area contributed by atoms with Gasteiger partial charge in [0.25, 0.3) is 0 Å². The van der Waals surface area contributed by atoms with Crippen molar-refractivity contribution in [1.82, 2.24) is 9.88 Å². The molecule has 1 heterocycles. The standard InChI is InChI=1S/C14H22N2O/c1-16(11-12-7-9-15-10-8-12)13-5-3-2-4-6-14(13)17/h7-10,13-14,17H,2-6,11H2,1H3. The van der Waals surface area contributed by atoms with E-state index in [1.165, 1.54) is 24.8 Å². The zero-order valence-electron chi connectivity index (χ0n) is 10.5. The fraction of sp³-hybridized carbons (Fsp3) is 0.643. The van der Waals surface area contributed by atoms with Gasteiger partial charge in [0.2, 0.25) is 0 Å². The first-order chi connectivity index (χ1) is 8.27. The number of pyridine rings is 1. The molecular formula is C14H22N2O. The van der Waals surface area contributed by atoms with Gasteiger partial charge in [-0.15, -0.1) is 0 Å². The Morgan fingerprint density at radius 1 is 1.24 bits per heavy atom. The molecule has 1 saturated carbocycles. The molecule has 0 radical (unpaired) electrons. The van der Waals surface area contributed by atoms with Gasteiger partial charge in [-0.2, -0.15) is 0 Å². The number of nitrogens with zero attached hydrogens (tertiary/aromatic N) is 2. The van der Waals surface area contributed by atoms with Gasteiger partial charge >= 0.3 is 0 Å². The van der Waals surface area contributed by atoms with Crippen molar-refractivity contribution in [3.8, 4) is 0 Å². The molecule has 2 unspecified atom stereocenters. The lowest BCUT2D eigenvalue weighted by atomic mass is 10.0. The van der Waals surface area contributed by atoms with Crippen molar-refractivity contribution >= 4 is 0 Å². The van der Waals surface area contributed by atoms with E-state index in [2.05, 4.69) is 16.9 Å². The monoisotopic (exact) mass is 234 g/mol. The average molecular weight is 234 g/mol. The lowest BCUT2D eigenvalue weighted by Crippen LogP contribution is -2.40. The molecule has 0 amide bonds. The fourth-order valence-electron chi connectivity index (χ4n) is 2.68. The van der Waals surface area contributed by atoms with Crippen LogP contribution in [-0.2, 0) is 6.54 Å². The highest BCUT2D eigenvalue weighted by molar-refractivity contribution is 5.09. The maximum absolute atomic E-state index is 10.1. The highest BCUT2D eigenvalue weighted by Crippen LogP contribution is 2.22. The van der Waals surface area contributed by atoms with E-state index in [4.69, 9.17) is 0 Å². The Bertz CT molecular complexity index is 328. The Morgan fingerprint density at radius 3 is 2.71 bits per heavy atom. The Kier molecular flexibility index (Phi) is 4.51. The predicted octanol–water partition coefficient (Wildman–Crippen LogP) is 2.21. The zero-order chi connectivity index (χ0) is 12.1. The first-order valence-corrected chi connectivity index (χ1v) is 6.54. The SMILES string of the molecule is CN(Cc1ccncc1)C1CCCCCC1O. The third-order valence-corrected chi connectivity index (χ3v) is 3.69. The first-order valence-electron chi connectivity index (χ1n) is 6.54. The molecule has 0 spiro atoms. The highest BCUT2D eigenvalue weighted by Gasteiger charge is 2.25. The van der Waals surface area contributed by atoms with Gasteiger partial charge in [0, 0.05) is 25.0 Å². The number of likely N-dealkylation sites (N-methyl/N-ethyl adjacent to an activating group) is 1. The Balaban J connectivity index is 1.96. The molecule has 2 rings (SSSR count). The van der Waals surface area contributed by atoms with E-state index in [9.17, 15) is 5.11 Å². The number of aromatic nitrogens is 1. The summed E-state index contributed by atoms with van der Waals surface area (Å²) in [4.78, 5) is 6.31. The molecule has 0 saturated heterocycles. The highest BCUT2D eigenvalue weighted by atomic mass is 16.3. The molecule has 1 aromatic rings. The van der Waals surface area contributed by atoms with Gasteiger partial charge < -0.3 is 5.11 Å². The van der Waals surface area contributed by atoms with E-state index in [-0.39, 0.29) is 6.10 Å². The van der Waals surface area contributed by atoms with Gasteiger partial charge in [-0.05, 0) is 37.6 Å². The summed E-state index contributed by atoms with van der Waals surface area (Å²) in [6, 6.07) is 4.39. The van der Waals surface area contributed by atoms with E-state index >= 15 is 0 Å². The Labute approximate surface area is 103 Å². The second-order valence-electron chi connectivity index (χ2n) is 5.04. The molecule has 2 atom stereocenters. The van der Waals surface area contributed by atoms with Crippen molar-refractivity contribution in [3.63, 3.8) is 0 Å². The van der Waals surface area contributed by atoms with Crippen LogP contribution in [-0.4, -0.2) is 34.2 Å². The summed E-state index contributed by atoms with van der Waals surface area (Å²) in [7, 11) is 2.11. The van der Waals surface area contributed by atoms with Crippen molar-refractivity contribution in [3.05, 3.63) is 30.1 Å². The molecule has 94 valence electrons. The Morgan fingerprint density at radius 2 is 1.94 bits per heavy atom. The number of aliphatic hydroxyl groups excluding tert-OH is 1. The Hall–Kier alpha value is -0.930. The van der Waals surface area contributed by atoms with Crippen LogP contribution in [0.4, 0.5) is 0 Å². The van der Waals surface area contributed by atoms with Crippen LogP contribution in [0.1, 0.15) is 37.7 Å². The predicted molar refractivity (Wildman–Crippen MR) is 68.6 cm³/mol. The summed E-state index contributed by atoms with van der Waals surface area (Å²) in [6.07, 6.45) is 9.22. The molecule has 0 aliphatic heterocycles. The summed E-state index contributed by atoms with van der Waals surface area (Å²) in [5, 5.41) is 10.1. The normalized spacial score (nSPS) is 25.8. The smallest absolute Gasteiger partial charge is 0.0695 e. The van der Waals surface area contributed by atoms with Crippen molar-refractivity contribution in [2.45, 2.75) is 50.8 Å². The minimum atomic E-state index is -0.163. The van der Waals surface area contributed by atoms with Crippen molar-refractivity contribution in [1.29, 1.82) is 0 Å². The molecule has 1 fully saturated rings. The van der Waals surface area contributed by atoms with Crippen LogP contribution in [0, 0.1) is 0 Å². The maximum Gasteiger partial charge on any atom is 0.0695 e. The van der Waals surface area contributed by atoms with E-state index in [0.29, 0.717) is 6.04 Å². The lowest BCUT2D eigenvalue weighted by molar-refractivity contribution is 0.0543. The summed E-state index contributed by atoms with van der Waals surface area (Å²) < 4.78 is 0. The minimum absolute atomic E-state index is 0.163. The van der Waals surface area contributed by atoms with Gasteiger partial charge in [0.15, 0.2) is 0 Å². The average Bonchev–Trinajstić information content (AvgIpc) is 2.55. The van der Waals surface area contributed by atoms with Gasteiger partial charge in [-0.1, -0.05) is 19.3 Å². The molecule has 1 aliphatic carbocycles. The summed E-state index contributed by atoms with van der Waals surface area (Å²) in [5.74, 6) is 0. The van der Waals surface area contributed by atoms with E-state index in [1.807, 2.05) is 24.5 Å². The van der Waals surface area contributed by atoms with E-state index < -0.39 is 0 Å². The molecular weight excluding hydrogens is 212 g/mol. The molecule has 3 nitrogen and oxygen atoms in total. The number of aliphatic hydroxyl groups is 1. The molecule has 3 heteroatoms. The topological polar surface area (TPSA) is 36.4 Å². The molecule has 1 N–H and O–H groups in total. The van der Waals surface area contributed by atoms with Crippen LogP contribution in [0.15, 0.2) is 24.5 Å². The lowest BCUT2D eigenvalue weighted by Gasteiger charge is -2.30. The van der Waals surface area contributed by atoms with Crippen LogP contribution in [0.3, 0.4) is 0 Å². The largest absolute Gasteiger partial charge is 0.391 e. The quantitative estimate of drug-likeness (QED) is 0.815. The third-order valence-electron chi connectivity index (χ3n) is 3.69. The second-order valence-corrected chi connectivity index (χ2v) is 5.04. The molecule has 17 heavy (non-hydrogen) atoms. The fourth-order valence-corrected chi connectivity index (χ4v) is 2.68.